The average Bonchev–Trinajstić information content (AvgIpc) is 3.29. The number of carbonyl (C=O) groups is 1. The topological polar surface area (TPSA) is 71.0 Å². The van der Waals surface area contributed by atoms with Gasteiger partial charge in [-0.05, 0) is 37.8 Å². The molecule has 3 heterocycles. The number of fused-ring (bicyclic) bond motifs is 1. The first-order chi connectivity index (χ1) is 12.7. The largest absolute Gasteiger partial charge is 0.338 e. The molecule has 0 radical (unpaired) electrons. The van der Waals surface area contributed by atoms with Crippen molar-refractivity contribution in [2.75, 3.05) is 13.1 Å². The molecule has 134 valence electrons. The predicted octanol–water partition coefficient (Wildman–Crippen LogP) is 3.14. The molecule has 7 heteroatoms. The Labute approximate surface area is 154 Å². The van der Waals surface area contributed by atoms with E-state index >= 15 is 0 Å². The average molecular weight is 368 g/mol. The number of aromatic amines is 1. The van der Waals surface area contributed by atoms with E-state index in [9.17, 15) is 9.59 Å². The zero-order valence-electron chi connectivity index (χ0n) is 14.4. The number of hydrogen-bond donors (Lipinski definition) is 1. The molecule has 2 aromatic heterocycles. The van der Waals surface area contributed by atoms with Gasteiger partial charge in [0.05, 0.1) is 22.2 Å². The van der Waals surface area contributed by atoms with Gasteiger partial charge in [0.15, 0.2) is 0 Å². The summed E-state index contributed by atoms with van der Waals surface area (Å²) in [7, 11) is 0. The van der Waals surface area contributed by atoms with E-state index in [1.54, 1.807) is 5.51 Å². The van der Waals surface area contributed by atoms with Gasteiger partial charge in [0.2, 0.25) is 0 Å². The lowest BCUT2D eigenvalue weighted by Gasteiger charge is -2.32. The van der Waals surface area contributed by atoms with Crippen molar-refractivity contribution in [3.63, 3.8) is 0 Å². The number of piperidine rings is 1. The minimum absolute atomic E-state index is 0.0607. The van der Waals surface area contributed by atoms with Gasteiger partial charge in [-0.3, -0.25) is 9.36 Å². The lowest BCUT2D eigenvalue weighted by Crippen LogP contribution is -2.40. The molecule has 26 heavy (non-hydrogen) atoms. The number of imidazole rings is 1. The Balaban J connectivity index is 1.34. The van der Waals surface area contributed by atoms with E-state index in [0.717, 1.165) is 47.3 Å². The van der Waals surface area contributed by atoms with Gasteiger partial charge in [-0.2, -0.15) is 0 Å². The highest BCUT2D eigenvalue weighted by atomic mass is 32.1. The summed E-state index contributed by atoms with van der Waals surface area (Å²) < 4.78 is 1.86. The van der Waals surface area contributed by atoms with Gasteiger partial charge in [-0.15, -0.1) is 11.3 Å². The molecule has 2 aliphatic rings. The van der Waals surface area contributed by atoms with Gasteiger partial charge >= 0.3 is 5.69 Å². The van der Waals surface area contributed by atoms with Crippen molar-refractivity contribution in [3.8, 4) is 0 Å². The summed E-state index contributed by atoms with van der Waals surface area (Å²) >= 11 is 1.46. The number of aromatic nitrogens is 3. The molecule has 6 nitrogen and oxygen atoms in total. The Morgan fingerprint density at radius 3 is 2.69 bits per heavy atom. The number of benzene rings is 1. The van der Waals surface area contributed by atoms with Crippen molar-refractivity contribution < 1.29 is 4.79 Å². The summed E-state index contributed by atoms with van der Waals surface area (Å²) in [5, 5.41) is 0. The number of amides is 1. The number of H-pyrrole nitrogens is 1. The highest BCUT2D eigenvalue weighted by Gasteiger charge is 2.33. The molecule has 3 aromatic rings. The molecular weight excluding hydrogens is 348 g/mol. The molecule has 1 aliphatic carbocycles. The van der Waals surface area contributed by atoms with E-state index in [1.165, 1.54) is 11.3 Å². The third-order valence-corrected chi connectivity index (χ3v) is 6.32. The molecule has 0 unspecified atom stereocenters. The van der Waals surface area contributed by atoms with E-state index < -0.39 is 0 Å². The van der Waals surface area contributed by atoms with E-state index in [1.807, 2.05) is 33.7 Å². The maximum atomic E-state index is 12.9. The quantitative estimate of drug-likeness (QED) is 0.772. The lowest BCUT2D eigenvalue weighted by atomic mass is 10.0. The Bertz CT molecular complexity index is 1020. The Morgan fingerprint density at radius 2 is 1.92 bits per heavy atom. The number of rotatable bonds is 3. The summed E-state index contributed by atoms with van der Waals surface area (Å²) in [5.74, 6) is 0.599. The second-order valence-electron chi connectivity index (χ2n) is 7.18. The SMILES string of the molecule is O=C(c1scnc1C1CC1)N1CCC(n2c(=O)[nH]c3ccccc32)CC1. The van der Waals surface area contributed by atoms with Gasteiger partial charge in [-0.1, -0.05) is 12.1 Å². The Hall–Kier alpha value is -2.41. The van der Waals surface area contributed by atoms with Gasteiger partial charge in [-0.25, -0.2) is 9.78 Å². The normalized spacial score (nSPS) is 18.5. The number of para-hydroxylation sites is 2. The van der Waals surface area contributed by atoms with Gasteiger partial charge in [0, 0.05) is 25.0 Å². The first kappa shape index (κ1) is 15.8. The van der Waals surface area contributed by atoms with Crippen LogP contribution in [0.3, 0.4) is 0 Å². The third-order valence-electron chi connectivity index (χ3n) is 5.49. The molecule has 2 fully saturated rings. The minimum atomic E-state index is -0.0607. The van der Waals surface area contributed by atoms with Crippen molar-refractivity contribution in [3.05, 3.63) is 50.8 Å². The maximum Gasteiger partial charge on any atom is 0.326 e. The molecule has 0 atom stereocenters. The number of nitrogens with one attached hydrogen (secondary N) is 1. The number of hydrogen-bond acceptors (Lipinski definition) is 4. The number of likely N-dealkylation sites (tertiary alicyclic amines) is 1. The van der Waals surface area contributed by atoms with Crippen LogP contribution in [-0.4, -0.2) is 38.4 Å². The molecule has 1 saturated heterocycles. The van der Waals surface area contributed by atoms with E-state index in [2.05, 4.69) is 9.97 Å². The fourth-order valence-electron chi connectivity index (χ4n) is 3.97. The van der Waals surface area contributed by atoms with Crippen molar-refractivity contribution in [2.45, 2.75) is 37.6 Å². The zero-order valence-corrected chi connectivity index (χ0v) is 15.2. The van der Waals surface area contributed by atoms with Crippen molar-refractivity contribution in [2.24, 2.45) is 0 Å². The second kappa shape index (κ2) is 6.09. The standard InChI is InChI=1S/C19H20N4O2S/c24-18(17-16(12-5-6-12)20-11-26-17)22-9-7-13(8-10-22)23-15-4-2-1-3-14(15)21-19(23)25/h1-4,11-13H,5-10H2,(H,21,25). The van der Waals surface area contributed by atoms with Crippen LogP contribution in [0.2, 0.25) is 0 Å². The monoisotopic (exact) mass is 368 g/mol. The molecular formula is C19H20N4O2S. The third kappa shape index (κ3) is 2.58. The molecule has 0 spiro atoms. The summed E-state index contributed by atoms with van der Waals surface area (Å²) in [6, 6.07) is 7.91. The summed E-state index contributed by atoms with van der Waals surface area (Å²) in [5.41, 5.74) is 4.54. The zero-order chi connectivity index (χ0) is 17.7. The van der Waals surface area contributed by atoms with Crippen LogP contribution in [0.25, 0.3) is 11.0 Å². The Kier molecular flexibility index (Phi) is 3.70. The van der Waals surface area contributed by atoms with Crippen LogP contribution < -0.4 is 5.69 Å². The first-order valence-electron chi connectivity index (χ1n) is 9.14. The van der Waals surface area contributed by atoms with E-state index in [-0.39, 0.29) is 17.6 Å². The molecule has 5 rings (SSSR count). The van der Waals surface area contributed by atoms with Crippen molar-refractivity contribution >= 4 is 28.3 Å². The summed E-state index contributed by atoms with van der Waals surface area (Å²) in [4.78, 5) is 35.4. The van der Waals surface area contributed by atoms with E-state index in [4.69, 9.17) is 0 Å². The van der Waals surface area contributed by atoms with Crippen molar-refractivity contribution in [1.82, 2.24) is 19.4 Å². The lowest BCUT2D eigenvalue weighted by molar-refractivity contribution is 0.0698. The van der Waals surface area contributed by atoms with Crippen LogP contribution in [0.15, 0.2) is 34.6 Å². The fraction of sp³-hybridized carbons (Fsp3) is 0.421. The second-order valence-corrected chi connectivity index (χ2v) is 8.04. The molecule has 1 N–H and O–H groups in total. The maximum absolute atomic E-state index is 12.9. The van der Waals surface area contributed by atoms with Crippen LogP contribution in [0.4, 0.5) is 0 Å². The number of nitrogens with zero attached hydrogens (tertiary/aromatic N) is 3. The van der Waals surface area contributed by atoms with Gasteiger partial charge in [0.25, 0.3) is 5.91 Å². The van der Waals surface area contributed by atoms with Gasteiger partial charge < -0.3 is 9.88 Å². The minimum Gasteiger partial charge on any atom is -0.338 e. The van der Waals surface area contributed by atoms with Crippen molar-refractivity contribution in [1.29, 1.82) is 0 Å². The van der Waals surface area contributed by atoms with Crippen LogP contribution >= 0.6 is 11.3 Å². The van der Waals surface area contributed by atoms with E-state index in [0.29, 0.717) is 19.0 Å². The summed E-state index contributed by atoms with van der Waals surface area (Å²) in [6.45, 7) is 1.36. The molecule has 1 saturated carbocycles. The van der Waals surface area contributed by atoms with Crippen LogP contribution in [0.1, 0.15) is 53.0 Å². The van der Waals surface area contributed by atoms with Crippen LogP contribution in [0, 0.1) is 0 Å². The number of thiazole rings is 1. The van der Waals surface area contributed by atoms with Crippen LogP contribution in [0.5, 0.6) is 0 Å². The molecule has 1 amide bonds. The van der Waals surface area contributed by atoms with Crippen LogP contribution in [-0.2, 0) is 0 Å². The molecule has 1 aromatic carbocycles. The van der Waals surface area contributed by atoms with Gasteiger partial charge in [0.1, 0.15) is 4.88 Å². The fourth-order valence-corrected chi connectivity index (χ4v) is 4.81. The number of carbonyl (C=O) groups excluding carboxylic acids is 1. The highest BCUT2D eigenvalue weighted by molar-refractivity contribution is 7.11. The summed E-state index contributed by atoms with van der Waals surface area (Å²) in [6.07, 6.45) is 3.89. The smallest absolute Gasteiger partial charge is 0.326 e. The predicted molar refractivity (Wildman–Crippen MR) is 101 cm³/mol. The molecule has 1 aliphatic heterocycles. The highest BCUT2D eigenvalue weighted by Crippen LogP contribution is 2.42. The first-order valence-corrected chi connectivity index (χ1v) is 10.0. The Morgan fingerprint density at radius 1 is 1.15 bits per heavy atom. The molecule has 0 bridgehead atoms.